The largest absolute Gasteiger partial charge is 0.301 e. The van der Waals surface area contributed by atoms with Crippen LogP contribution < -0.4 is 5.32 Å². The Morgan fingerprint density at radius 3 is 2.58 bits per heavy atom. The molecular formula is C14H13N3OS. The Bertz CT molecular complexity index is 608. The maximum Gasteiger partial charge on any atom is 0.248 e. The number of rotatable bonds is 3. The number of carbonyl (C=O) groups excluding carboxylic acids is 1. The minimum atomic E-state index is -0.814. The molecule has 0 bridgehead atoms. The zero-order chi connectivity index (χ0) is 13.8. The molecule has 0 radical (unpaired) electrons. The van der Waals surface area contributed by atoms with E-state index in [-0.39, 0.29) is 5.91 Å². The molecule has 0 aliphatic carbocycles. The maximum atomic E-state index is 12.1. The third kappa shape index (κ3) is 2.98. The fourth-order valence-corrected chi connectivity index (χ4v) is 2.45. The summed E-state index contributed by atoms with van der Waals surface area (Å²) in [6.07, 6.45) is 0. The van der Waals surface area contributed by atoms with Crippen molar-refractivity contribution in [2.24, 2.45) is 0 Å². The summed E-state index contributed by atoms with van der Waals surface area (Å²) >= 11 is 1.41. The van der Waals surface area contributed by atoms with Gasteiger partial charge >= 0.3 is 0 Å². The van der Waals surface area contributed by atoms with E-state index in [4.69, 9.17) is 5.26 Å². The quantitative estimate of drug-likeness (QED) is 0.933. The molecule has 19 heavy (non-hydrogen) atoms. The SMILES string of the molecule is Cc1nc(NC(=O)C(C#N)c2ccccc2)sc1C. The molecule has 1 amide bonds. The lowest BCUT2D eigenvalue weighted by atomic mass is 10.0. The summed E-state index contributed by atoms with van der Waals surface area (Å²) in [4.78, 5) is 17.4. The van der Waals surface area contributed by atoms with Gasteiger partial charge in [0.2, 0.25) is 5.91 Å². The summed E-state index contributed by atoms with van der Waals surface area (Å²) in [7, 11) is 0. The number of anilines is 1. The van der Waals surface area contributed by atoms with Gasteiger partial charge in [-0.3, -0.25) is 4.79 Å². The molecule has 0 aliphatic rings. The molecule has 1 atom stereocenters. The van der Waals surface area contributed by atoms with Crippen LogP contribution in [0.15, 0.2) is 30.3 Å². The highest BCUT2D eigenvalue weighted by Crippen LogP contribution is 2.23. The number of hydrogen-bond acceptors (Lipinski definition) is 4. The van der Waals surface area contributed by atoms with E-state index < -0.39 is 5.92 Å². The standard InChI is InChI=1S/C14H13N3OS/c1-9-10(2)19-14(16-9)17-13(18)12(8-15)11-6-4-3-5-7-11/h3-7,12H,1-2H3,(H,16,17,18). The van der Waals surface area contributed by atoms with Gasteiger partial charge < -0.3 is 5.32 Å². The number of nitrogens with zero attached hydrogens (tertiary/aromatic N) is 2. The highest BCUT2D eigenvalue weighted by atomic mass is 32.1. The van der Waals surface area contributed by atoms with E-state index >= 15 is 0 Å². The Kier molecular flexibility index (Phi) is 3.93. The Balaban J connectivity index is 2.17. The number of amides is 1. The van der Waals surface area contributed by atoms with Gasteiger partial charge in [0.1, 0.15) is 0 Å². The number of hydrogen-bond donors (Lipinski definition) is 1. The normalized spacial score (nSPS) is 11.6. The van der Waals surface area contributed by atoms with Gasteiger partial charge in [-0.05, 0) is 19.4 Å². The van der Waals surface area contributed by atoms with Crippen molar-refractivity contribution in [2.75, 3.05) is 5.32 Å². The van der Waals surface area contributed by atoms with E-state index in [2.05, 4.69) is 10.3 Å². The van der Waals surface area contributed by atoms with Gasteiger partial charge in [0.25, 0.3) is 0 Å². The smallest absolute Gasteiger partial charge is 0.248 e. The molecule has 1 N–H and O–H groups in total. The molecule has 1 heterocycles. The van der Waals surface area contributed by atoms with Gasteiger partial charge in [-0.2, -0.15) is 5.26 Å². The summed E-state index contributed by atoms with van der Waals surface area (Å²) in [6.45, 7) is 3.84. The molecule has 2 aromatic rings. The fourth-order valence-electron chi connectivity index (χ4n) is 1.63. The Morgan fingerprint density at radius 1 is 1.37 bits per heavy atom. The number of aromatic nitrogens is 1. The van der Waals surface area contributed by atoms with Gasteiger partial charge in [0.05, 0.1) is 11.8 Å². The molecule has 5 heteroatoms. The number of benzene rings is 1. The summed E-state index contributed by atoms with van der Waals surface area (Å²) in [5, 5.41) is 12.4. The number of carbonyl (C=O) groups is 1. The molecule has 1 unspecified atom stereocenters. The van der Waals surface area contributed by atoms with Gasteiger partial charge in [0, 0.05) is 4.88 Å². The first-order valence-electron chi connectivity index (χ1n) is 5.81. The van der Waals surface area contributed by atoms with E-state index in [1.54, 1.807) is 12.1 Å². The van der Waals surface area contributed by atoms with Crippen LogP contribution in [0.3, 0.4) is 0 Å². The van der Waals surface area contributed by atoms with Gasteiger partial charge in [-0.1, -0.05) is 30.3 Å². The minimum Gasteiger partial charge on any atom is -0.301 e. The molecule has 0 saturated carbocycles. The van der Waals surface area contributed by atoms with Crippen LogP contribution in [0, 0.1) is 25.2 Å². The van der Waals surface area contributed by atoms with Gasteiger partial charge in [-0.25, -0.2) is 4.98 Å². The van der Waals surface area contributed by atoms with Crippen molar-refractivity contribution in [3.8, 4) is 6.07 Å². The average Bonchev–Trinajstić information content (AvgIpc) is 2.70. The van der Waals surface area contributed by atoms with Gasteiger partial charge in [-0.15, -0.1) is 11.3 Å². The average molecular weight is 271 g/mol. The first-order chi connectivity index (χ1) is 9.11. The van der Waals surface area contributed by atoms with Crippen molar-refractivity contribution >= 4 is 22.4 Å². The minimum absolute atomic E-state index is 0.345. The number of nitrogens with one attached hydrogen (secondary N) is 1. The lowest BCUT2D eigenvalue weighted by molar-refractivity contribution is -0.116. The second-order valence-corrected chi connectivity index (χ2v) is 5.33. The predicted octanol–water partition coefficient (Wildman–Crippen LogP) is 3.01. The highest BCUT2D eigenvalue weighted by Gasteiger charge is 2.21. The van der Waals surface area contributed by atoms with E-state index in [1.807, 2.05) is 38.1 Å². The van der Waals surface area contributed by atoms with Crippen molar-refractivity contribution in [3.05, 3.63) is 46.5 Å². The molecule has 1 aromatic carbocycles. The first-order valence-corrected chi connectivity index (χ1v) is 6.63. The van der Waals surface area contributed by atoms with E-state index in [1.165, 1.54) is 11.3 Å². The monoisotopic (exact) mass is 271 g/mol. The van der Waals surface area contributed by atoms with Crippen LogP contribution >= 0.6 is 11.3 Å². The zero-order valence-corrected chi connectivity index (χ0v) is 11.5. The third-order valence-corrected chi connectivity index (χ3v) is 3.77. The Hall–Kier alpha value is -2.19. The molecule has 0 aliphatic heterocycles. The van der Waals surface area contributed by atoms with Crippen LogP contribution in [0.25, 0.3) is 0 Å². The van der Waals surface area contributed by atoms with Crippen LogP contribution in [0.1, 0.15) is 22.1 Å². The molecule has 0 fully saturated rings. The summed E-state index contributed by atoms with van der Waals surface area (Å²) in [5.74, 6) is -1.16. The zero-order valence-electron chi connectivity index (χ0n) is 10.7. The summed E-state index contributed by atoms with van der Waals surface area (Å²) in [5.41, 5.74) is 1.58. The molecular weight excluding hydrogens is 258 g/mol. The Morgan fingerprint density at radius 2 is 2.05 bits per heavy atom. The predicted molar refractivity (Wildman–Crippen MR) is 75.0 cm³/mol. The van der Waals surface area contributed by atoms with Crippen LogP contribution in [-0.2, 0) is 4.79 Å². The van der Waals surface area contributed by atoms with Crippen molar-refractivity contribution < 1.29 is 4.79 Å². The first kappa shape index (κ1) is 13.2. The van der Waals surface area contributed by atoms with Crippen LogP contribution in [0.2, 0.25) is 0 Å². The maximum absolute atomic E-state index is 12.1. The number of thiazole rings is 1. The molecule has 1 aromatic heterocycles. The molecule has 0 spiro atoms. The molecule has 96 valence electrons. The van der Waals surface area contributed by atoms with E-state index in [0.29, 0.717) is 10.7 Å². The summed E-state index contributed by atoms with van der Waals surface area (Å²) in [6, 6.07) is 11.0. The highest BCUT2D eigenvalue weighted by molar-refractivity contribution is 7.15. The number of aryl methyl sites for hydroxylation is 2. The van der Waals surface area contributed by atoms with Crippen LogP contribution in [-0.4, -0.2) is 10.9 Å². The van der Waals surface area contributed by atoms with Crippen molar-refractivity contribution in [1.82, 2.24) is 4.98 Å². The Labute approximate surface area is 115 Å². The third-order valence-electron chi connectivity index (χ3n) is 2.78. The topological polar surface area (TPSA) is 65.8 Å². The summed E-state index contributed by atoms with van der Waals surface area (Å²) < 4.78 is 0. The number of nitriles is 1. The van der Waals surface area contributed by atoms with E-state index in [0.717, 1.165) is 10.6 Å². The van der Waals surface area contributed by atoms with Crippen molar-refractivity contribution in [3.63, 3.8) is 0 Å². The lowest BCUT2D eigenvalue weighted by Crippen LogP contribution is -2.19. The fraction of sp³-hybridized carbons (Fsp3) is 0.214. The van der Waals surface area contributed by atoms with Crippen LogP contribution in [0.5, 0.6) is 0 Å². The van der Waals surface area contributed by atoms with Crippen molar-refractivity contribution in [2.45, 2.75) is 19.8 Å². The van der Waals surface area contributed by atoms with Crippen LogP contribution in [0.4, 0.5) is 5.13 Å². The van der Waals surface area contributed by atoms with Crippen molar-refractivity contribution in [1.29, 1.82) is 5.26 Å². The van der Waals surface area contributed by atoms with E-state index in [9.17, 15) is 4.79 Å². The molecule has 2 rings (SSSR count). The van der Waals surface area contributed by atoms with Gasteiger partial charge in [0.15, 0.2) is 11.0 Å². The molecule has 0 saturated heterocycles. The molecule has 4 nitrogen and oxygen atoms in total. The lowest BCUT2D eigenvalue weighted by Gasteiger charge is -2.08. The second-order valence-electron chi connectivity index (χ2n) is 4.12. The second kappa shape index (κ2) is 5.63.